The first-order valence-corrected chi connectivity index (χ1v) is 7.74. The second kappa shape index (κ2) is 6.27. The van der Waals surface area contributed by atoms with Crippen LogP contribution in [0.5, 0.6) is 0 Å². The number of nitrogens with zero attached hydrogens (tertiary/aromatic N) is 3. The molecule has 0 bridgehead atoms. The molecule has 3 nitrogen and oxygen atoms in total. The topological polar surface area (TPSA) is 30.7 Å². The minimum absolute atomic E-state index is 0.318. The fourth-order valence-corrected chi connectivity index (χ4v) is 2.87. The molecule has 21 heavy (non-hydrogen) atoms. The summed E-state index contributed by atoms with van der Waals surface area (Å²) in [6.45, 7) is 2.20. The third-order valence-electron chi connectivity index (χ3n) is 3.78. The van der Waals surface area contributed by atoms with Crippen LogP contribution >= 0.6 is 11.6 Å². The molecule has 2 aromatic heterocycles. The van der Waals surface area contributed by atoms with Crippen LogP contribution in [0.2, 0.25) is 0 Å². The van der Waals surface area contributed by atoms with E-state index in [1.165, 1.54) is 5.56 Å². The Hall–Kier alpha value is -1.87. The molecule has 1 aromatic carbocycles. The van der Waals surface area contributed by atoms with Gasteiger partial charge in [-0.3, -0.25) is 0 Å². The number of hydrogen-bond acceptors (Lipinski definition) is 2. The Morgan fingerprint density at radius 3 is 2.71 bits per heavy atom. The van der Waals surface area contributed by atoms with Gasteiger partial charge in [-0.05, 0) is 37.5 Å². The molecule has 3 aromatic rings. The standard InChI is InChI=1S/C17H18ClN3/c1-13(9-10-14-6-3-2-4-7-14)21-16(12-18)20-15-8-5-11-19-17(15)21/h2-8,11,13H,9-10,12H2,1H3. The second-order valence-electron chi connectivity index (χ2n) is 5.25. The summed E-state index contributed by atoms with van der Waals surface area (Å²) in [6, 6.07) is 14.8. The van der Waals surface area contributed by atoms with Crippen molar-refractivity contribution in [2.45, 2.75) is 31.7 Å². The molecule has 108 valence electrons. The molecule has 0 amide bonds. The van der Waals surface area contributed by atoms with E-state index in [0.717, 1.165) is 29.8 Å². The van der Waals surface area contributed by atoms with Gasteiger partial charge in [0, 0.05) is 12.2 Å². The fraction of sp³-hybridized carbons (Fsp3) is 0.294. The molecule has 2 heterocycles. The molecule has 4 heteroatoms. The van der Waals surface area contributed by atoms with Crippen LogP contribution in [0, 0.1) is 0 Å². The monoisotopic (exact) mass is 299 g/mol. The zero-order valence-electron chi connectivity index (χ0n) is 12.0. The number of alkyl halides is 1. The second-order valence-corrected chi connectivity index (χ2v) is 5.52. The largest absolute Gasteiger partial charge is 0.309 e. The summed E-state index contributed by atoms with van der Waals surface area (Å²) in [5.41, 5.74) is 3.20. The Bertz CT molecular complexity index is 721. The highest BCUT2D eigenvalue weighted by Crippen LogP contribution is 2.23. The van der Waals surface area contributed by atoms with Crippen molar-refractivity contribution in [3.05, 3.63) is 60.0 Å². The van der Waals surface area contributed by atoms with E-state index in [4.69, 9.17) is 11.6 Å². The summed E-state index contributed by atoms with van der Waals surface area (Å²) < 4.78 is 2.17. The van der Waals surface area contributed by atoms with E-state index >= 15 is 0 Å². The van der Waals surface area contributed by atoms with Gasteiger partial charge >= 0.3 is 0 Å². The van der Waals surface area contributed by atoms with Crippen molar-refractivity contribution in [3.63, 3.8) is 0 Å². The number of benzene rings is 1. The van der Waals surface area contributed by atoms with Crippen molar-refractivity contribution in [2.75, 3.05) is 0 Å². The first kappa shape index (κ1) is 14.1. The van der Waals surface area contributed by atoms with E-state index in [2.05, 4.69) is 45.7 Å². The van der Waals surface area contributed by atoms with Gasteiger partial charge in [0.1, 0.15) is 11.3 Å². The van der Waals surface area contributed by atoms with Crippen LogP contribution in [0.3, 0.4) is 0 Å². The first-order chi connectivity index (χ1) is 10.3. The van der Waals surface area contributed by atoms with Crippen LogP contribution in [0.15, 0.2) is 48.7 Å². The lowest BCUT2D eigenvalue weighted by Crippen LogP contribution is -2.10. The number of halogens is 1. The van der Waals surface area contributed by atoms with Gasteiger partial charge in [0.05, 0.1) is 5.88 Å². The van der Waals surface area contributed by atoms with Gasteiger partial charge in [-0.2, -0.15) is 0 Å². The van der Waals surface area contributed by atoms with E-state index in [1.54, 1.807) is 0 Å². The van der Waals surface area contributed by atoms with E-state index in [9.17, 15) is 0 Å². The fourth-order valence-electron chi connectivity index (χ4n) is 2.68. The highest BCUT2D eigenvalue weighted by molar-refractivity contribution is 6.16. The Labute approximate surface area is 129 Å². The number of fused-ring (bicyclic) bond motifs is 1. The quantitative estimate of drug-likeness (QED) is 0.655. The third kappa shape index (κ3) is 2.93. The van der Waals surface area contributed by atoms with Crippen LogP contribution < -0.4 is 0 Å². The molecule has 0 aliphatic heterocycles. The van der Waals surface area contributed by atoms with Crippen molar-refractivity contribution in [2.24, 2.45) is 0 Å². The number of hydrogen-bond donors (Lipinski definition) is 0. The predicted octanol–water partition coefficient (Wildman–Crippen LogP) is 4.36. The lowest BCUT2D eigenvalue weighted by molar-refractivity contribution is 0.504. The Balaban J connectivity index is 1.85. The molecule has 0 aliphatic rings. The van der Waals surface area contributed by atoms with Crippen LogP contribution in [-0.4, -0.2) is 14.5 Å². The van der Waals surface area contributed by atoms with Crippen LogP contribution in [-0.2, 0) is 12.3 Å². The number of aromatic nitrogens is 3. The van der Waals surface area contributed by atoms with Gasteiger partial charge in [-0.25, -0.2) is 9.97 Å². The highest BCUT2D eigenvalue weighted by Gasteiger charge is 2.15. The van der Waals surface area contributed by atoms with Crippen LogP contribution in [0.1, 0.15) is 30.8 Å². The van der Waals surface area contributed by atoms with Gasteiger partial charge in [-0.15, -0.1) is 11.6 Å². The minimum Gasteiger partial charge on any atom is -0.309 e. The maximum Gasteiger partial charge on any atom is 0.160 e. The summed E-state index contributed by atoms with van der Waals surface area (Å²) in [6.07, 6.45) is 3.88. The van der Waals surface area contributed by atoms with Gasteiger partial charge < -0.3 is 4.57 Å². The highest BCUT2D eigenvalue weighted by atomic mass is 35.5. The summed E-state index contributed by atoms with van der Waals surface area (Å²) in [5.74, 6) is 1.30. The molecule has 0 fully saturated rings. The first-order valence-electron chi connectivity index (χ1n) is 7.21. The van der Waals surface area contributed by atoms with E-state index in [1.807, 2.05) is 24.4 Å². The predicted molar refractivity (Wildman–Crippen MR) is 86.6 cm³/mol. The number of rotatable bonds is 5. The zero-order valence-corrected chi connectivity index (χ0v) is 12.8. The molecule has 0 N–H and O–H groups in total. The lowest BCUT2D eigenvalue weighted by atomic mass is 10.1. The minimum atomic E-state index is 0.318. The van der Waals surface area contributed by atoms with Gasteiger partial charge in [0.15, 0.2) is 5.65 Å². The molecular formula is C17H18ClN3. The lowest BCUT2D eigenvalue weighted by Gasteiger charge is -2.16. The normalized spacial score (nSPS) is 12.7. The van der Waals surface area contributed by atoms with Gasteiger partial charge in [0.25, 0.3) is 0 Å². The summed E-state index contributed by atoms with van der Waals surface area (Å²) in [7, 11) is 0. The Kier molecular flexibility index (Phi) is 4.20. The summed E-state index contributed by atoms with van der Waals surface area (Å²) in [5, 5.41) is 0. The van der Waals surface area contributed by atoms with Crippen LogP contribution in [0.4, 0.5) is 0 Å². The van der Waals surface area contributed by atoms with Crippen molar-refractivity contribution >= 4 is 22.8 Å². The molecule has 3 rings (SSSR count). The summed E-state index contributed by atoms with van der Waals surface area (Å²) in [4.78, 5) is 9.04. The van der Waals surface area contributed by atoms with Crippen molar-refractivity contribution in [3.8, 4) is 0 Å². The summed E-state index contributed by atoms with van der Waals surface area (Å²) >= 11 is 6.05. The number of pyridine rings is 1. The third-order valence-corrected chi connectivity index (χ3v) is 4.01. The Morgan fingerprint density at radius 1 is 1.14 bits per heavy atom. The molecule has 1 atom stereocenters. The molecular weight excluding hydrogens is 282 g/mol. The van der Waals surface area contributed by atoms with Gasteiger partial charge in [0.2, 0.25) is 0 Å². The maximum atomic E-state index is 6.05. The SMILES string of the molecule is CC(CCc1ccccc1)n1c(CCl)nc2cccnc21. The number of imidazole rings is 1. The van der Waals surface area contributed by atoms with Crippen molar-refractivity contribution < 1.29 is 0 Å². The molecule has 1 unspecified atom stereocenters. The molecule has 0 spiro atoms. The van der Waals surface area contributed by atoms with Crippen molar-refractivity contribution in [1.29, 1.82) is 0 Å². The molecule has 0 saturated heterocycles. The van der Waals surface area contributed by atoms with E-state index in [0.29, 0.717) is 11.9 Å². The van der Waals surface area contributed by atoms with Crippen molar-refractivity contribution in [1.82, 2.24) is 14.5 Å². The van der Waals surface area contributed by atoms with Crippen LogP contribution in [0.25, 0.3) is 11.2 Å². The van der Waals surface area contributed by atoms with E-state index < -0.39 is 0 Å². The molecule has 0 aliphatic carbocycles. The smallest absolute Gasteiger partial charge is 0.160 e. The maximum absolute atomic E-state index is 6.05. The zero-order chi connectivity index (χ0) is 14.7. The number of aryl methyl sites for hydroxylation is 1. The molecule has 0 saturated carbocycles. The average Bonchev–Trinajstić information content (AvgIpc) is 2.92. The average molecular weight is 300 g/mol. The molecule has 0 radical (unpaired) electrons. The van der Waals surface area contributed by atoms with E-state index in [-0.39, 0.29) is 0 Å². The Morgan fingerprint density at radius 2 is 1.95 bits per heavy atom. The van der Waals surface area contributed by atoms with Gasteiger partial charge in [-0.1, -0.05) is 30.3 Å².